The summed E-state index contributed by atoms with van der Waals surface area (Å²) in [6.07, 6.45) is 1.35. The Morgan fingerprint density at radius 3 is 2.53 bits per heavy atom. The number of carbonyl (C=O) groups is 1. The highest BCUT2D eigenvalue weighted by molar-refractivity contribution is 5.93. The molecule has 0 bridgehead atoms. The van der Waals surface area contributed by atoms with E-state index < -0.39 is 0 Å². The van der Waals surface area contributed by atoms with Crippen LogP contribution in [0.2, 0.25) is 0 Å². The van der Waals surface area contributed by atoms with Gasteiger partial charge >= 0.3 is 0 Å². The smallest absolute Gasteiger partial charge is 0.227 e. The number of para-hydroxylation sites is 1. The molecule has 0 unspecified atom stereocenters. The fraction of sp³-hybridized carbons (Fsp3) is 0.467. The van der Waals surface area contributed by atoms with Gasteiger partial charge in [-0.2, -0.15) is 5.26 Å². The average molecular weight is 259 g/mol. The highest BCUT2D eigenvalue weighted by Gasteiger charge is 2.18. The second-order valence-electron chi connectivity index (χ2n) is 5.28. The van der Waals surface area contributed by atoms with Crippen molar-refractivity contribution in [3.8, 4) is 6.07 Å². The van der Waals surface area contributed by atoms with Gasteiger partial charge in [0.05, 0.1) is 12.5 Å². The zero-order chi connectivity index (χ0) is 14.3. The molecular formula is C15H21N3O. The molecule has 1 aromatic rings. The fourth-order valence-corrected chi connectivity index (χ4v) is 1.73. The Morgan fingerprint density at radius 2 is 2.00 bits per heavy atom. The van der Waals surface area contributed by atoms with E-state index in [1.54, 1.807) is 4.90 Å². The molecule has 2 N–H and O–H groups in total. The fourth-order valence-electron chi connectivity index (χ4n) is 1.73. The topological polar surface area (TPSA) is 70.1 Å². The number of benzene rings is 1. The molecule has 1 rings (SSSR count). The van der Waals surface area contributed by atoms with Crippen molar-refractivity contribution in [1.82, 2.24) is 0 Å². The van der Waals surface area contributed by atoms with Crippen LogP contribution in [0.4, 0.5) is 5.69 Å². The molecule has 0 aromatic heterocycles. The maximum atomic E-state index is 12.3. The second kappa shape index (κ2) is 6.91. The molecule has 0 heterocycles. The molecule has 0 saturated carbocycles. The zero-order valence-electron chi connectivity index (χ0n) is 11.6. The maximum absolute atomic E-state index is 12.3. The number of nitrogens with zero attached hydrogens (tertiary/aromatic N) is 2. The SMILES string of the molecule is CC(C)(N)CCC(=O)N(CCC#N)c1ccccc1. The Balaban J connectivity index is 2.75. The number of hydrogen-bond acceptors (Lipinski definition) is 3. The standard InChI is InChI=1S/C15H21N3O/c1-15(2,17)10-9-14(19)18(12-6-11-16)13-7-4-3-5-8-13/h3-5,7-8H,6,9-10,12,17H2,1-2H3. The van der Waals surface area contributed by atoms with Gasteiger partial charge in [0.1, 0.15) is 0 Å². The molecule has 4 nitrogen and oxygen atoms in total. The van der Waals surface area contributed by atoms with Crippen LogP contribution < -0.4 is 10.6 Å². The molecule has 19 heavy (non-hydrogen) atoms. The van der Waals surface area contributed by atoms with Crippen molar-refractivity contribution in [2.24, 2.45) is 5.73 Å². The highest BCUT2D eigenvalue weighted by atomic mass is 16.2. The first-order valence-corrected chi connectivity index (χ1v) is 6.45. The lowest BCUT2D eigenvalue weighted by Gasteiger charge is -2.24. The Bertz CT molecular complexity index is 443. The van der Waals surface area contributed by atoms with Crippen molar-refractivity contribution in [2.75, 3.05) is 11.4 Å². The molecule has 1 aromatic carbocycles. The van der Waals surface area contributed by atoms with Crippen LogP contribution in [0.3, 0.4) is 0 Å². The summed E-state index contributed by atoms with van der Waals surface area (Å²) < 4.78 is 0. The summed E-state index contributed by atoms with van der Waals surface area (Å²) in [5, 5.41) is 8.70. The largest absolute Gasteiger partial charge is 0.326 e. The van der Waals surface area contributed by atoms with Crippen LogP contribution in [0, 0.1) is 11.3 Å². The van der Waals surface area contributed by atoms with Gasteiger partial charge in [-0.3, -0.25) is 4.79 Å². The Hall–Kier alpha value is -1.86. The van der Waals surface area contributed by atoms with Crippen LogP contribution in [0.1, 0.15) is 33.1 Å². The van der Waals surface area contributed by atoms with E-state index in [1.165, 1.54) is 0 Å². The van der Waals surface area contributed by atoms with Gasteiger partial charge in [0.15, 0.2) is 0 Å². The number of nitriles is 1. The second-order valence-corrected chi connectivity index (χ2v) is 5.28. The van der Waals surface area contributed by atoms with Crippen molar-refractivity contribution >= 4 is 11.6 Å². The first-order chi connectivity index (χ1) is 8.94. The summed E-state index contributed by atoms with van der Waals surface area (Å²) in [6.45, 7) is 4.23. The molecule has 0 fully saturated rings. The first-order valence-electron chi connectivity index (χ1n) is 6.45. The van der Waals surface area contributed by atoms with Crippen LogP contribution >= 0.6 is 0 Å². The van der Waals surface area contributed by atoms with Crippen LogP contribution in [0.5, 0.6) is 0 Å². The molecule has 0 spiro atoms. The molecule has 0 aliphatic carbocycles. The Morgan fingerprint density at radius 1 is 1.37 bits per heavy atom. The summed E-state index contributed by atoms with van der Waals surface area (Å²) in [6, 6.07) is 11.5. The third-order valence-electron chi connectivity index (χ3n) is 2.80. The summed E-state index contributed by atoms with van der Waals surface area (Å²) in [5.74, 6) is 0.0139. The van der Waals surface area contributed by atoms with E-state index in [4.69, 9.17) is 11.0 Å². The highest BCUT2D eigenvalue weighted by Crippen LogP contribution is 2.17. The minimum atomic E-state index is -0.354. The number of nitrogens with two attached hydrogens (primary N) is 1. The molecule has 0 radical (unpaired) electrons. The van der Waals surface area contributed by atoms with Gasteiger partial charge in [-0.1, -0.05) is 18.2 Å². The number of amides is 1. The van der Waals surface area contributed by atoms with Gasteiger partial charge in [0, 0.05) is 24.2 Å². The van der Waals surface area contributed by atoms with Crippen molar-refractivity contribution in [3.05, 3.63) is 30.3 Å². The van der Waals surface area contributed by atoms with E-state index in [2.05, 4.69) is 6.07 Å². The van der Waals surface area contributed by atoms with Gasteiger partial charge in [-0.15, -0.1) is 0 Å². The van der Waals surface area contributed by atoms with Crippen LogP contribution in [-0.2, 0) is 4.79 Å². The molecule has 102 valence electrons. The lowest BCUT2D eigenvalue weighted by molar-refractivity contribution is -0.118. The summed E-state index contributed by atoms with van der Waals surface area (Å²) >= 11 is 0. The van der Waals surface area contributed by atoms with Crippen molar-refractivity contribution < 1.29 is 4.79 Å². The van der Waals surface area contributed by atoms with E-state index in [1.807, 2.05) is 44.2 Å². The normalized spacial score (nSPS) is 10.8. The third-order valence-corrected chi connectivity index (χ3v) is 2.80. The molecule has 1 amide bonds. The van der Waals surface area contributed by atoms with Crippen molar-refractivity contribution in [2.45, 2.75) is 38.6 Å². The van der Waals surface area contributed by atoms with Crippen molar-refractivity contribution in [1.29, 1.82) is 5.26 Å². The summed E-state index contributed by atoms with van der Waals surface area (Å²) in [7, 11) is 0. The summed E-state index contributed by atoms with van der Waals surface area (Å²) in [5.41, 5.74) is 6.38. The monoisotopic (exact) mass is 259 g/mol. The van der Waals surface area contributed by atoms with Gasteiger partial charge in [-0.25, -0.2) is 0 Å². The van der Waals surface area contributed by atoms with E-state index in [-0.39, 0.29) is 11.4 Å². The van der Waals surface area contributed by atoms with Crippen LogP contribution in [0.25, 0.3) is 0 Å². The lowest BCUT2D eigenvalue weighted by Crippen LogP contribution is -2.36. The molecular weight excluding hydrogens is 238 g/mol. The van der Waals surface area contributed by atoms with E-state index in [0.717, 1.165) is 5.69 Å². The van der Waals surface area contributed by atoms with E-state index in [0.29, 0.717) is 25.8 Å². The zero-order valence-corrected chi connectivity index (χ0v) is 11.6. The van der Waals surface area contributed by atoms with Crippen molar-refractivity contribution in [3.63, 3.8) is 0 Å². The van der Waals surface area contributed by atoms with Crippen LogP contribution in [-0.4, -0.2) is 18.0 Å². The number of rotatable bonds is 6. The number of hydrogen-bond donors (Lipinski definition) is 1. The van der Waals surface area contributed by atoms with Gasteiger partial charge in [0.25, 0.3) is 0 Å². The first kappa shape index (κ1) is 15.2. The Labute approximate surface area is 114 Å². The molecule has 0 aliphatic rings. The van der Waals surface area contributed by atoms with Gasteiger partial charge < -0.3 is 10.6 Å². The molecule has 0 aliphatic heterocycles. The predicted molar refractivity (Wildman–Crippen MR) is 76.5 cm³/mol. The quantitative estimate of drug-likeness (QED) is 0.853. The van der Waals surface area contributed by atoms with E-state index >= 15 is 0 Å². The third kappa shape index (κ3) is 5.54. The number of carbonyl (C=O) groups excluding carboxylic acids is 1. The minimum absolute atomic E-state index is 0.0139. The minimum Gasteiger partial charge on any atom is -0.326 e. The van der Waals surface area contributed by atoms with E-state index in [9.17, 15) is 4.79 Å². The summed E-state index contributed by atoms with van der Waals surface area (Å²) in [4.78, 5) is 13.9. The lowest BCUT2D eigenvalue weighted by atomic mass is 9.99. The molecule has 0 saturated heterocycles. The molecule has 0 atom stereocenters. The van der Waals surface area contributed by atoms with Gasteiger partial charge in [-0.05, 0) is 32.4 Å². The van der Waals surface area contributed by atoms with Gasteiger partial charge in [0.2, 0.25) is 5.91 Å². The van der Waals surface area contributed by atoms with Crippen LogP contribution in [0.15, 0.2) is 30.3 Å². The Kier molecular flexibility index (Phi) is 5.53. The maximum Gasteiger partial charge on any atom is 0.227 e. The number of anilines is 1. The molecule has 4 heteroatoms. The predicted octanol–water partition coefficient (Wildman–Crippen LogP) is 2.45. The average Bonchev–Trinajstić information content (AvgIpc) is 2.37.